The van der Waals surface area contributed by atoms with E-state index in [1.807, 2.05) is 12.1 Å². The number of halogens is 3. The molecular weight excluding hydrogens is 321 g/mol. The number of hydrogen-bond donors (Lipinski definition) is 1. The molecular formula is C10H6Cl3NO3S. The first-order valence-corrected chi connectivity index (χ1v) is 7.62. The second-order valence-electron chi connectivity index (χ2n) is 3.01. The summed E-state index contributed by atoms with van der Waals surface area (Å²) in [6.45, 7) is 0. The number of rotatable bonds is 1. The number of nitrogens with zero attached hydrogens (tertiary/aromatic N) is 1. The molecule has 96 valence electrons. The predicted octanol–water partition coefficient (Wildman–Crippen LogP) is 3.63. The monoisotopic (exact) mass is 325 g/mol. The number of pyridine rings is 1. The van der Waals surface area contributed by atoms with E-state index in [9.17, 15) is 4.79 Å². The van der Waals surface area contributed by atoms with Gasteiger partial charge in [0.05, 0.1) is 11.1 Å². The fourth-order valence-corrected chi connectivity index (χ4v) is 1.47. The highest BCUT2D eigenvalue weighted by Gasteiger charge is 2.10. The number of carboxylic acid groups (broad SMARTS) is 1. The summed E-state index contributed by atoms with van der Waals surface area (Å²) in [6.07, 6.45) is 0. The zero-order valence-electron chi connectivity index (χ0n) is 8.64. The van der Waals surface area contributed by atoms with Gasteiger partial charge in [0.15, 0.2) is 0 Å². The molecule has 1 aromatic heterocycles. The van der Waals surface area contributed by atoms with Crippen LogP contribution in [-0.2, 0) is 9.23 Å². The molecule has 0 saturated carbocycles. The molecule has 0 aliphatic rings. The van der Waals surface area contributed by atoms with Gasteiger partial charge in [-0.15, -0.1) is 0 Å². The van der Waals surface area contributed by atoms with Gasteiger partial charge in [-0.2, -0.15) is 0 Å². The van der Waals surface area contributed by atoms with E-state index < -0.39 is 15.2 Å². The highest BCUT2D eigenvalue weighted by molar-refractivity contribution is 8.26. The molecule has 2 rings (SSSR count). The molecule has 8 heteroatoms. The van der Waals surface area contributed by atoms with E-state index in [4.69, 9.17) is 20.9 Å². The average molecular weight is 327 g/mol. The van der Waals surface area contributed by atoms with E-state index in [0.29, 0.717) is 5.52 Å². The largest absolute Gasteiger partial charge is 0.478 e. The number of benzene rings is 1. The second-order valence-corrected chi connectivity index (χ2v) is 5.89. The summed E-state index contributed by atoms with van der Waals surface area (Å²) in [5.74, 6) is -1.06. The van der Waals surface area contributed by atoms with Crippen LogP contribution in [0, 0.1) is 0 Å². The maximum atomic E-state index is 10.7. The lowest BCUT2D eigenvalue weighted by atomic mass is 10.1. The smallest absolute Gasteiger partial charge is 0.338 e. The quantitative estimate of drug-likeness (QED) is 0.642. The third-order valence-electron chi connectivity index (χ3n) is 1.91. The summed E-state index contributed by atoms with van der Waals surface area (Å²) < 4.78 is 9.09. The number of hydrogen-bond acceptors (Lipinski definition) is 3. The van der Waals surface area contributed by atoms with Gasteiger partial charge in [0.2, 0.25) is 9.23 Å². The maximum absolute atomic E-state index is 10.7. The van der Waals surface area contributed by atoms with Crippen molar-refractivity contribution < 1.29 is 14.1 Å². The molecule has 4 nitrogen and oxygen atoms in total. The molecule has 0 unspecified atom stereocenters. The van der Waals surface area contributed by atoms with Gasteiger partial charge in [0.25, 0.3) is 0 Å². The van der Waals surface area contributed by atoms with Crippen LogP contribution in [0.4, 0.5) is 0 Å². The molecule has 0 bridgehead atoms. The van der Waals surface area contributed by atoms with Crippen molar-refractivity contribution in [2.24, 2.45) is 0 Å². The Labute approximate surface area is 119 Å². The zero-order valence-corrected chi connectivity index (χ0v) is 11.7. The van der Waals surface area contributed by atoms with Crippen LogP contribution >= 0.6 is 33.0 Å². The molecule has 1 aromatic carbocycles. The van der Waals surface area contributed by atoms with E-state index in [1.54, 1.807) is 12.1 Å². The standard InChI is InChI=1S/C10H6ClNO2.Cl2OS/c11-9-7(10(13)14)5-6-3-1-2-4-8(6)12-9;1-4(2)3/h1-5H,(H,13,14);. The molecule has 0 saturated heterocycles. The molecule has 0 atom stereocenters. The molecule has 0 fully saturated rings. The fourth-order valence-electron chi connectivity index (χ4n) is 1.24. The normalized spacial score (nSPS) is 10.0. The summed E-state index contributed by atoms with van der Waals surface area (Å²) in [5.41, 5.74) is 0.730. The van der Waals surface area contributed by atoms with Crippen molar-refractivity contribution in [3.8, 4) is 0 Å². The second kappa shape index (κ2) is 6.89. The van der Waals surface area contributed by atoms with E-state index in [-0.39, 0.29) is 10.7 Å². The molecule has 0 aliphatic heterocycles. The number of fused-ring (bicyclic) bond motifs is 1. The van der Waals surface area contributed by atoms with Crippen LogP contribution in [0.15, 0.2) is 30.3 Å². The molecule has 0 radical (unpaired) electrons. The Morgan fingerprint density at radius 3 is 2.39 bits per heavy atom. The minimum absolute atomic E-state index is 0.0243. The molecule has 1 N–H and O–H groups in total. The summed E-state index contributed by atoms with van der Waals surface area (Å²) in [6, 6.07) is 8.75. The zero-order chi connectivity index (χ0) is 13.7. The van der Waals surface area contributed by atoms with Crippen LogP contribution in [0.2, 0.25) is 5.15 Å². The van der Waals surface area contributed by atoms with E-state index in [0.717, 1.165) is 5.39 Å². The summed E-state index contributed by atoms with van der Waals surface area (Å²) in [7, 11) is 7.36. The lowest BCUT2D eigenvalue weighted by Crippen LogP contribution is -1.99. The summed E-state index contributed by atoms with van der Waals surface area (Å²) in [5, 5.41) is 9.60. The van der Waals surface area contributed by atoms with Gasteiger partial charge in [-0.05, 0) is 12.1 Å². The Kier molecular flexibility index (Phi) is 5.81. The van der Waals surface area contributed by atoms with Crippen LogP contribution < -0.4 is 0 Å². The van der Waals surface area contributed by atoms with Crippen molar-refractivity contribution in [2.45, 2.75) is 0 Å². The van der Waals surface area contributed by atoms with E-state index in [2.05, 4.69) is 26.3 Å². The number of aromatic carboxylic acids is 1. The van der Waals surface area contributed by atoms with Crippen LogP contribution in [-0.4, -0.2) is 20.3 Å². The van der Waals surface area contributed by atoms with Gasteiger partial charge in [-0.1, -0.05) is 29.8 Å². The number of carbonyl (C=O) groups is 1. The molecule has 0 spiro atoms. The Balaban J connectivity index is 0.000000357. The van der Waals surface area contributed by atoms with Crippen LogP contribution in [0.3, 0.4) is 0 Å². The highest BCUT2D eigenvalue weighted by atomic mass is 36.0. The van der Waals surface area contributed by atoms with Crippen LogP contribution in [0.5, 0.6) is 0 Å². The predicted molar refractivity (Wildman–Crippen MR) is 73.6 cm³/mol. The highest BCUT2D eigenvalue weighted by Crippen LogP contribution is 2.19. The molecule has 2 aromatic rings. The Morgan fingerprint density at radius 1 is 1.28 bits per heavy atom. The number of carboxylic acids is 1. The van der Waals surface area contributed by atoms with E-state index >= 15 is 0 Å². The van der Waals surface area contributed by atoms with Gasteiger partial charge < -0.3 is 5.11 Å². The van der Waals surface area contributed by atoms with Crippen molar-refractivity contribution in [3.05, 3.63) is 41.0 Å². The third-order valence-corrected chi connectivity index (χ3v) is 2.20. The molecule has 1 heterocycles. The van der Waals surface area contributed by atoms with Gasteiger partial charge in [0, 0.05) is 26.8 Å². The van der Waals surface area contributed by atoms with Gasteiger partial charge in [-0.3, -0.25) is 0 Å². The first kappa shape index (κ1) is 15.2. The van der Waals surface area contributed by atoms with Crippen molar-refractivity contribution in [3.63, 3.8) is 0 Å². The van der Waals surface area contributed by atoms with Crippen LogP contribution in [0.1, 0.15) is 10.4 Å². The third kappa shape index (κ3) is 4.42. The van der Waals surface area contributed by atoms with Gasteiger partial charge in [-0.25, -0.2) is 14.0 Å². The lowest BCUT2D eigenvalue weighted by Gasteiger charge is -2.00. The van der Waals surface area contributed by atoms with Crippen molar-refractivity contribution >= 4 is 59.1 Å². The minimum Gasteiger partial charge on any atom is -0.478 e. The average Bonchev–Trinajstić information content (AvgIpc) is 2.27. The topological polar surface area (TPSA) is 67.3 Å². The summed E-state index contributed by atoms with van der Waals surface area (Å²) >= 11 is 5.71. The first-order chi connectivity index (χ1) is 8.41. The number of para-hydroxylation sites is 1. The summed E-state index contributed by atoms with van der Waals surface area (Å²) in [4.78, 5) is 14.7. The SMILES string of the molecule is O=C(O)c1cc2ccccc2nc1Cl.O=S(Cl)Cl. The minimum atomic E-state index is -1.67. The van der Waals surface area contributed by atoms with Crippen LogP contribution in [0.25, 0.3) is 10.9 Å². The van der Waals surface area contributed by atoms with Crippen molar-refractivity contribution in [1.29, 1.82) is 0 Å². The lowest BCUT2D eigenvalue weighted by molar-refractivity contribution is 0.0697. The molecule has 18 heavy (non-hydrogen) atoms. The fraction of sp³-hybridized carbons (Fsp3) is 0. The Morgan fingerprint density at radius 2 is 1.83 bits per heavy atom. The molecule has 0 amide bonds. The van der Waals surface area contributed by atoms with Crippen molar-refractivity contribution in [2.75, 3.05) is 0 Å². The van der Waals surface area contributed by atoms with Crippen molar-refractivity contribution in [1.82, 2.24) is 4.98 Å². The molecule has 0 aliphatic carbocycles. The van der Waals surface area contributed by atoms with Gasteiger partial charge in [0.1, 0.15) is 5.15 Å². The Hall–Kier alpha value is -0.880. The maximum Gasteiger partial charge on any atom is 0.338 e. The number of aromatic nitrogens is 1. The Bertz CT molecular complexity index is 602. The van der Waals surface area contributed by atoms with Gasteiger partial charge >= 0.3 is 5.97 Å². The van der Waals surface area contributed by atoms with E-state index in [1.165, 1.54) is 6.07 Å². The first-order valence-electron chi connectivity index (χ1n) is 4.44.